The molecule has 0 amide bonds. The maximum atomic E-state index is 9.75. The molecule has 3 unspecified atom stereocenters. The average Bonchev–Trinajstić information content (AvgIpc) is 2.28. The monoisotopic (exact) mass is 242 g/mol. The summed E-state index contributed by atoms with van der Waals surface area (Å²) < 4.78 is 0. The van der Waals surface area contributed by atoms with Gasteiger partial charge in [-0.3, -0.25) is 0 Å². The van der Waals surface area contributed by atoms with E-state index >= 15 is 0 Å². The van der Waals surface area contributed by atoms with Crippen molar-refractivity contribution >= 4 is 11.6 Å². The van der Waals surface area contributed by atoms with Crippen LogP contribution >= 0.6 is 11.6 Å². The summed E-state index contributed by atoms with van der Waals surface area (Å²) in [6.07, 6.45) is -0.240. The van der Waals surface area contributed by atoms with Gasteiger partial charge < -0.3 is 10.2 Å². The highest BCUT2D eigenvalue weighted by Crippen LogP contribution is 2.28. The van der Waals surface area contributed by atoms with Crippen LogP contribution in [0.3, 0.4) is 0 Å². The van der Waals surface area contributed by atoms with Crippen molar-refractivity contribution in [1.82, 2.24) is 0 Å². The number of hydrogen-bond donors (Lipinski definition) is 2. The topological polar surface area (TPSA) is 40.5 Å². The van der Waals surface area contributed by atoms with Crippen molar-refractivity contribution in [3.63, 3.8) is 0 Å². The largest absolute Gasteiger partial charge is 0.390 e. The second-order valence-electron chi connectivity index (χ2n) is 4.20. The van der Waals surface area contributed by atoms with E-state index in [1.807, 2.05) is 38.1 Å². The van der Waals surface area contributed by atoms with Crippen LogP contribution in [0.2, 0.25) is 5.02 Å². The fourth-order valence-electron chi connectivity index (χ4n) is 1.79. The molecule has 1 rings (SSSR count). The van der Waals surface area contributed by atoms with Crippen LogP contribution in [0.15, 0.2) is 24.3 Å². The van der Waals surface area contributed by atoms with E-state index in [1.54, 1.807) is 0 Å². The van der Waals surface area contributed by atoms with E-state index in [0.29, 0.717) is 17.9 Å². The lowest BCUT2D eigenvalue weighted by Gasteiger charge is -2.21. The lowest BCUT2D eigenvalue weighted by atomic mass is 9.92. The molecule has 0 fully saturated rings. The molecule has 90 valence electrons. The standard InChI is InChI=1S/C13H19ClO2/c1-3-12(15)13(16)8-9(2)10-6-4-5-7-11(10)14/h4-7,9,12-13,15-16H,3,8H2,1-2H3. The summed E-state index contributed by atoms with van der Waals surface area (Å²) in [7, 11) is 0. The third-order valence-corrected chi connectivity index (χ3v) is 3.24. The minimum absolute atomic E-state index is 0.143. The summed E-state index contributed by atoms with van der Waals surface area (Å²) in [6, 6.07) is 7.62. The van der Waals surface area contributed by atoms with Gasteiger partial charge in [0.05, 0.1) is 12.2 Å². The molecular weight excluding hydrogens is 224 g/mol. The molecule has 16 heavy (non-hydrogen) atoms. The van der Waals surface area contributed by atoms with Gasteiger partial charge >= 0.3 is 0 Å². The molecule has 2 nitrogen and oxygen atoms in total. The van der Waals surface area contributed by atoms with Gasteiger partial charge in [0.15, 0.2) is 0 Å². The number of hydrogen-bond acceptors (Lipinski definition) is 2. The lowest BCUT2D eigenvalue weighted by molar-refractivity contribution is 0.00954. The van der Waals surface area contributed by atoms with Crippen molar-refractivity contribution in [1.29, 1.82) is 0 Å². The molecule has 3 atom stereocenters. The third kappa shape index (κ3) is 3.48. The molecule has 1 aromatic rings. The van der Waals surface area contributed by atoms with Gasteiger partial charge in [0, 0.05) is 5.02 Å². The van der Waals surface area contributed by atoms with Gasteiger partial charge in [-0.05, 0) is 30.4 Å². The van der Waals surface area contributed by atoms with Crippen LogP contribution in [-0.4, -0.2) is 22.4 Å². The minimum Gasteiger partial charge on any atom is -0.390 e. The Kier molecular flexibility index (Phi) is 5.26. The molecule has 0 bridgehead atoms. The Morgan fingerprint density at radius 1 is 1.19 bits per heavy atom. The second-order valence-corrected chi connectivity index (χ2v) is 4.61. The molecule has 0 spiro atoms. The van der Waals surface area contributed by atoms with E-state index in [0.717, 1.165) is 5.56 Å². The average molecular weight is 243 g/mol. The van der Waals surface area contributed by atoms with Crippen LogP contribution in [0, 0.1) is 0 Å². The Balaban J connectivity index is 2.65. The Hall–Kier alpha value is -0.570. The van der Waals surface area contributed by atoms with Crippen molar-refractivity contribution < 1.29 is 10.2 Å². The first-order chi connectivity index (χ1) is 7.56. The van der Waals surface area contributed by atoms with Gasteiger partial charge in [0.25, 0.3) is 0 Å². The zero-order valence-electron chi connectivity index (χ0n) is 9.73. The van der Waals surface area contributed by atoms with Crippen molar-refractivity contribution in [3.8, 4) is 0 Å². The molecule has 0 aromatic heterocycles. The molecular formula is C13H19ClO2. The maximum Gasteiger partial charge on any atom is 0.0804 e. The van der Waals surface area contributed by atoms with Crippen LogP contribution in [0.25, 0.3) is 0 Å². The first-order valence-electron chi connectivity index (χ1n) is 5.66. The van der Waals surface area contributed by atoms with Crippen molar-refractivity contribution in [2.45, 2.75) is 44.8 Å². The van der Waals surface area contributed by atoms with E-state index in [1.165, 1.54) is 0 Å². The summed E-state index contributed by atoms with van der Waals surface area (Å²) >= 11 is 6.07. The first kappa shape index (κ1) is 13.5. The Bertz CT molecular complexity index is 327. The molecule has 3 heteroatoms. The highest BCUT2D eigenvalue weighted by molar-refractivity contribution is 6.31. The predicted molar refractivity (Wildman–Crippen MR) is 66.8 cm³/mol. The second kappa shape index (κ2) is 6.24. The highest BCUT2D eigenvalue weighted by Gasteiger charge is 2.19. The minimum atomic E-state index is -0.684. The lowest BCUT2D eigenvalue weighted by Crippen LogP contribution is -2.26. The quantitative estimate of drug-likeness (QED) is 0.834. The fraction of sp³-hybridized carbons (Fsp3) is 0.538. The zero-order chi connectivity index (χ0) is 12.1. The molecule has 0 radical (unpaired) electrons. The van der Waals surface area contributed by atoms with E-state index in [2.05, 4.69) is 0 Å². The number of aliphatic hydroxyl groups is 2. The van der Waals surface area contributed by atoms with Crippen molar-refractivity contribution in [3.05, 3.63) is 34.9 Å². The van der Waals surface area contributed by atoms with E-state index < -0.39 is 12.2 Å². The Morgan fingerprint density at radius 2 is 1.81 bits per heavy atom. The summed E-state index contributed by atoms with van der Waals surface area (Å²) in [5, 5.41) is 20.0. The Labute approximate surface area is 102 Å². The Morgan fingerprint density at radius 3 is 2.38 bits per heavy atom. The summed E-state index contributed by atoms with van der Waals surface area (Å²) in [4.78, 5) is 0. The third-order valence-electron chi connectivity index (χ3n) is 2.89. The molecule has 2 N–H and O–H groups in total. The number of rotatable bonds is 5. The molecule has 0 aliphatic heterocycles. The van der Waals surface area contributed by atoms with Crippen LogP contribution in [-0.2, 0) is 0 Å². The molecule has 0 heterocycles. The van der Waals surface area contributed by atoms with Gasteiger partial charge in [-0.2, -0.15) is 0 Å². The van der Waals surface area contributed by atoms with Crippen LogP contribution in [0.5, 0.6) is 0 Å². The summed E-state index contributed by atoms with van der Waals surface area (Å²) in [5.41, 5.74) is 1.02. The number of benzene rings is 1. The first-order valence-corrected chi connectivity index (χ1v) is 6.04. The van der Waals surface area contributed by atoms with E-state index in [-0.39, 0.29) is 5.92 Å². The van der Waals surface area contributed by atoms with Crippen LogP contribution in [0.1, 0.15) is 38.2 Å². The van der Waals surface area contributed by atoms with E-state index in [9.17, 15) is 10.2 Å². The van der Waals surface area contributed by atoms with Gasteiger partial charge in [0.1, 0.15) is 0 Å². The normalized spacial score (nSPS) is 16.8. The van der Waals surface area contributed by atoms with Gasteiger partial charge in [0.2, 0.25) is 0 Å². The zero-order valence-corrected chi connectivity index (χ0v) is 10.5. The molecule has 0 aliphatic carbocycles. The number of aliphatic hydroxyl groups excluding tert-OH is 2. The van der Waals surface area contributed by atoms with Gasteiger partial charge in [-0.25, -0.2) is 0 Å². The van der Waals surface area contributed by atoms with E-state index in [4.69, 9.17) is 11.6 Å². The molecule has 0 aliphatic rings. The molecule has 0 saturated carbocycles. The highest BCUT2D eigenvalue weighted by atomic mass is 35.5. The number of halogens is 1. The molecule has 1 aromatic carbocycles. The van der Waals surface area contributed by atoms with Crippen molar-refractivity contribution in [2.24, 2.45) is 0 Å². The molecule has 0 saturated heterocycles. The van der Waals surface area contributed by atoms with Crippen LogP contribution in [0.4, 0.5) is 0 Å². The summed E-state index contributed by atoms with van der Waals surface area (Å²) in [5.74, 6) is 0.143. The fourth-order valence-corrected chi connectivity index (χ4v) is 2.12. The predicted octanol–water partition coefficient (Wildman–Crippen LogP) is 2.97. The van der Waals surface area contributed by atoms with Gasteiger partial charge in [-0.15, -0.1) is 0 Å². The summed E-state index contributed by atoms with van der Waals surface area (Å²) in [6.45, 7) is 3.86. The van der Waals surface area contributed by atoms with Gasteiger partial charge in [-0.1, -0.05) is 43.6 Å². The smallest absolute Gasteiger partial charge is 0.0804 e. The maximum absolute atomic E-state index is 9.75. The van der Waals surface area contributed by atoms with Crippen LogP contribution < -0.4 is 0 Å². The SMILES string of the molecule is CCC(O)C(O)CC(C)c1ccccc1Cl. The van der Waals surface area contributed by atoms with Crippen molar-refractivity contribution in [2.75, 3.05) is 0 Å².